The van der Waals surface area contributed by atoms with E-state index < -0.39 is 6.04 Å². The van der Waals surface area contributed by atoms with Gasteiger partial charge in [-0.1, -0.05) is 24.3 Å². The van der Waals surface area contributed by atoms with E-state index in [9.17, 15) is 4.39 Å². The minimum atomic E-state index is -0.393. The van der Waals surface area contributed by atoms with Crippen LogP contribution in [0.3, 0.4) is 0 Å². The van der Waals surface area contributed by atoms with Crippen LogP contribution < -0.4 is 16.0 Å². The van der Waals surface area contributed by atoms with E-state index in [1.807, 2.05) is 50.2 Å². The fourth-order valence-electron chi connectivity index (χ4n) is 2.28. The molecule has 2 aromatic carbocycles. The molecule has 0 aliphatic heterocycles. The molecule has 0 aromatic heterocycles. The predicted octanol–water partition coefficient (Wildman–Crippen LogP) is 3.03. The monoisotopic (exact) mass is 274 g/mol. The van der Waals surface area contributed by atoms with Gasteiger partial charge in [0.05, 0.1) is 6.04 Å². The summed E-state index contributed by atoms with van der Waals surface area (Å²) >= 11 is 0. The summed E-state index contributed by atoms with van der Waals surface area (Å²) in [6.45, 7) is 4.00. The molecule has 20 heavy (non-hydrogen) atoms. The Morgan fingerprint density at radius 2 is 1.90 bits per heavy atom. The Balaban J connectivity index is 2.17. The lowest BCUT2D eigenvalue weighted by Crippen LogP contribution is -2.33. The van der Waals surface area contributed by atoms with Crippen LogP contribution in [0.15, 0.2) is 42.5 Å². The first-order valence-electron chi connectivity index (χ1n) is 6.52. The van der Waals surface area contributed by atoms with Crippen molar-refractivity contribution in [3.8, 4) is 5.75 Å². The first-order valence-corrected chi connectivity index (χ1v) is 6.52. The standard InChI is InChI=1S/C16H19FN2O/c1-11-8-12(2)16(14(17)9-11)15(19-18)10-20-13-6-4-3-5-7-13/h3-9,15,19H,10,18H2,1-2H3. The second-order valence-electron chi connectivity index (χ2n) is 4.82. The van der Waals surface area contributed by atoms with Crippen molar-refractivity contribution in [1.29, 1.82) is 0 Å². The largest absolute Gasteiger partial charge is 0.492 e. The summed E-state index contributed by atoms with van der Waals surface area (Å²) in [4.78, 5) is 0. The predicted molar refractivity (Wildman–Crippen MR) is 77.9 cm³/mol. The van der Waals surface area contributed by atoms with E-state index in [4.69, 9.17) is 10.6 Å². The van der Waals surface area contributed by atoms with Crippen LogP contribution in [0.1, 0.15) is 22.7 Å². The molecule has 1 atom stereocenters. The zero-order valence-corrected chi connectivity index (χ0v) is 11.7. The number of nitrogens with two attached hydrogens (primary N) is 1. The molecule has 2 rings (SSSR count). The number of benzene rings is 2. The van der Waals surface area contributed by atoms with Crippen LogP contribution in [0.2, 0.25) is 0 Å². The van der Waals surface area contributed by atoms with Gasteiger partial charge in [-0.05, 0) is 43.2 Å². The third kappa shape index (κ3) is 3.35. The van der Waals surface area contributed by atoms with Gasteiger partial charge in [0.25, 0.3) is 0 Å². The molecule has 0 saturated carbocycles. The van der Waals surface area contributed by atoms with Crippen molar-refractivity contribution in [3.05, 3.63) is 65.0 Å². The molecule has 1 unspecified atom stereocenters. The summed E-state index contributed by atoms with van der Waals surface area (Å²) in [5.41, 5.74) is 4.93. The van der Waals surface area contributed by atoms with Gasteiger partial charge in [0.1, 0.15) is 18.2 Å². The minimum absolute atomic E-state index is 0.262. The highest BCUT2D eigenvalue weighted by molar-refractivity contribution is 5.34. The SMILES string of the molecule is Cc1cc(C)c(C(COc2ccccc2)NN)c(F)c1. The fourth-order valence-corrected chi connectivity index (χ4v) is 2.28. The van der Waals surface area contributed by atoms with E-state index in [0.717, 1.165) is 16.9 Å². The van der Waals surface area contributed by atoms with Crippen molar-refractivity contribution in [1.82, 2.24) is 5.43 Å². The van der Waals surface area contributed by atoms with E-state index in [1.165, 1.54) is 6.07 Å². The Kier molecular flexibility index (Phi) is 4.71. The Labute approximate surface area is 118 Å². The molecule has 4 heteroatoms. The molecule has 0 bridgehead atoms. The van der Waals surface area contributed by atoms with Gasteiger partial charge in [0, 0.05) is 5.56 Å². The first kappa shape index (κ1) is 14.5. The first-order chi connectivity index (χ1) is 9.61. The van der Waals surface area contributed by atoms with Crippen LogP contribution in [0, 0.1) is 19.7 Å². The van der Waals surface area contributed by atoms with Gasteiger partial charge in [-0.3, -0.25) is 5.84 Å². The fraction of sp³-hybridized carbons (Fsp3) is 0.250. The molecular formula is C16H19FN2O. The van der Waals surface area contributed by atoms with Gasteiger partial charge in [-0.25, -0.2) is 9.82 Å². The molecule has 0 aliphatic carbocycles. The number of hydrazine groups is 1. The van der Waals surface area contributed by atoms with Gasteiger partial charge < -0.3 is 4.74 Å². The van der Waals surface area contributed by atoms with E-state index in [1.54, 1.807) is 0 Å². The minimum Gasteiger partial charge on any atom is -0.492 e. The lowest BCUT2D eigenvalue weighted by atomic mass is 9.99. The second kappa shape index (κ2) is 6.50. The number of halogens is 1. The number of nitrogens with one attached hydrogen (secondary N) is 1. The zero-order chi connectivity index (χ0) is 14.5. The van der Waals surface area contributed by atoms with Crippen LogP contribution in [0.4, 0.5) is 4.39 Å². The van der Waals surface area contributed by atoms with Crippen LogP contribution in [-0.2, 0) is 0 Å². The van der Waals surface area contributed by atoms with Crippen molar-refractivity contribution in [3.63, 3.8) is 0 Å². The highest BCUT2D eigenvalue weighted by Gasteiger charge is 2.18. The van der Waals surface area contributed by atoms with Gasteiger partial charge >= 0.3 is 0 Å². The summed E-state index contributed by atoms with van der Waals surface area (Å²) in [6, 6.07) is 12.4. The summed E-state index contributed by atoms with van der Waals surface area (Å²) in [6.07, 6.45) is 0. The van der Waals surface area contributed by atoms with Crippen LogP contribution >= 0.6 is 0 Å². The maximum absolute atomic E-state index is 14.1. The average molecular weight is 274 g/mol. The highest BCUT2D eigenvalue weighted by atomic mass is 19.1. The van der Waals surface area contributed by atoms with Crippen LogP contribution in [0.5, 0.6) is 5.75 Å². The molecule has 0 heterocycles. The summed E-state index contributed by atoms with van der Waals surface area (Å²) in [7, 11) is 0. The number of rotatable bonds is 5. The maximum Gasteiger partial charge on any atom is 0.128 e. The molecule has 0 aliphatic rings. The van der Waals surface area contributed by atoms with Crippen molar-refractivity contribution in [2.24, 2.45) is 5.84 Å². The molecule has 3 nitrogen and oxygen atoms in total. The maximum atomic E-state index is 14.1. The number of para-hydroxylation sites is 1. The Hall–Kier alpha value is -1.91. The Morgan fingerprint density at radius 3 is 2.50 bits per heavy atom. The lowest BCUT2D eigenvalue weighted by Gasteiger charge is -2.20. The van der Waals surface area contributed by atoms with Crippen molar-refractivity contribution in [2.75, 3.05) is 6.61 Å². The average Bonchev–Trinajstić information content (AvgIpc) is 2.42. The third-order valence-corrected chi connectivity index (χ3v) is 3.19. The molecular weight excluding hydrogens is 255 g/mol. The van der Waals surface area contributed by atoms with Gasteiger partial charge in [-0.15, -0.1) is 0 Å². The topological polar surface area (TPSA) is 47.3 Å². The van der Waals surface area contributed by atoms with Crippen LogP contribution in [0.25, 0.3) is 0 Å². The number of hydrogen-bond acceptors (Lipinski definition) is 3. The smallest absolute Gasteiger partial charge is 0.128 e. The Bertz CT molecular complexity index is 549. The normalized spacial score (nSPS) is 12.2. The summed E-state index contributed by atoms with van der Waals surface area (Å²) in [5.74, 6) is 6.02. The van der Waals surface area contributed by atoms with Crippen molar-refractivity contribution >= 4 is 0 Å². The number of ether oxygens (including phenoxy) is 1. The second-order valence-corrected chi connectivity index (χ2v) is 4.82. The van der Waals surface area contributed by atoms with Gasteiger partial charge in [-0.2, -0.15) is 0 Å². The molecule has 106 valence electrons. The van der Waals surface area contributed by atoms with E-state index in [2.05, 4.69) is 5.43 Å². The highest BCUT2D eigenvalue weighted by Crippen LogP contribution is 2.23. The van der Waals surface area contributed by atoms with Gasteiger partial charge in [0.2, 0.25) is 0 Å². The third-order valence-electron chi connectivity index (χ3n) is 3.19. The summed E-state index contributed by atoms with van der Waals surface area (Å²) in [5, 5.41) is 0. The van der Waals surface area contributed by atoms with Crippen molar-refractivity contribution < 1.29 is 9.13 Å². The molecule has 0 fully saturated rings. The summed E-state index contributed by atoms with van der Waals surface area (Å²) < 4.78 is 19.8. The number of aryl methyl sites for hydroxylation is 2. The molecule has 0 amide bonds. The van der Waals surface area contributed by atoms with E-state index in [-0.39, 0.29) is 12.4 Å². The number of hydrogen-bond donors (Lipinski definition) is 2. The van der Waals surface area contributed by atoms with Crippen LogP contribution in [-0.4, -0.2) is 6.61 Å². The lowest BCUT2D eigenvalue weighted by molar-refractivity contribution is 0.263. The zero-order valence-electron chi connectivity index (χ0n) is 11.7. The van der Waals surface area contributed by atoms with Gasteiger partial charge in [0.15, 0.2) is 0 Å². The molecule has 3 N–H and O–H groups in total. The van der Waals surface area contributed by atoms with Crippen molar-refractivity contribution in [2.45, 2.75) is 19.9 Å². The van der Waals surface area contributed by atoms with E-state index in [0.29, 0.717) is 5.56 Å². The van der Waals surface area contributed by atoms with E-state index >= 15 is 0 Å². The Morgan fingerprint density at radius 1 is 1.20 bits per heavy atom. The quantitative estimate of drug-likeness (QED) is 0.651. The molecule has 0 spiro atoms. The molecule has 0 saturated heterocycles. The molecule has 0 radical (unpaired) electrons. The molecule has 2 aromatic rings.